The van der Waals surface area contributed by atoms with E-state index in [1.807, 2.05) is 0 Å². The standard InChI is InChI=1S/C10H10F3NO2/c1-6-2-3-7(9(15)16)8(4-6)14-5-10(11,12)13/h2-4,14H,5H2,1H3,(H,15,16). The summed E-state index contributed by atoms with van der Waals surface area (Å²) in [6.45, 7) is 0.418. The molecule has 0 amide bonds. The van der Waals surface area contributed by atoms with Crippen molar-refractivity contribution in [2.24, 2.45) is 0 Å². The van der Waals surface area contributed by atoms with Crippen molar-refractivity contribution >= 4 is 11.7 Å². The molecule has 88 valence electrons. The van der Waals surface area contributed by atoms with Crippen LogP contribution in [0, 0.1) is 6.92 Å². The van der Waals surface area contributed by atoms with E-state index < -0.39 is 18.7 Å². The smallest absolute Gasteiger partial charge is 0.405 e. The lowest BCUT2D eigenvalue weighted by molar-refractivity contribution is -0.115. The van der Waals surface area contributed by atoms with E-state index in [-0.39, 0.29) is 11.3 Å². The Labute approximate surface area is 89.9 Å². The molecular weight excluding hydrogens is 223 g/mol. The minimum atomic E-state index is -4.38. The molecule has 1 rings (SSSR count). The quantitative estimate of drug-likeness (QED) is 0.843. The number of anilines is 1. The van der Waals surface area contributed by atoms with Gasteiger partial charge in [-0.05, 0) is 24.6 Å². The van der Waals surface area contributed by atoms with Crippen molar-refractivity contribution in [1.29, 1.82) is 0 Å². The van der Waals surface area contributed by atoms with E-state index in [0.717, 1.165) is 0 Å². The van der Waals surface area contributed by atoms with Gasteiger partial charge in [0, 0.05) is 5.69 Å². The molecule has 0 aliphatic carbocycles. The zero-order chi connectivity index (χ0) is 12.3. The van der Waals surface area contributed by atoms with Gasteiger partial charge in [-0.25, -0.2) is 4.79 Å². The molecule has 0 heterocycles. The number of benzene rings is 1. The molecule has 1 aromatic rings. The number of carboxylic acids is 1. The van der Waals surface area contributed by atoms with Gasteiger partial charge in [0.2, 0.25) is 0 Å². The van der Waals surface area contributed by atoms with E-state index in [1.165, 1.54) is 18.2 Å². The average molecular weight is 233 g/mol. The van der Waals surface area contributed by atoms with Crippen LogP contribution in [0.1, 0.15) is 15.9 Å². The largest absolute Gasteiger partial charge is 0.478 e. The van der Waals surface area contributed by atoms with Gasteiger partial charge in [0.05, 0.1) is 5.56 Å². The monoisotopic (exact) mass is 233 g/mol. The first kappa shape index (κ1) is 12.4. The fraction of sp³-hybridized carbons (Fsp3) is 0.300. The van der Waals surface area contributed by atoms with Gasteiger partial charge in [-0.2, -0.15) is 13.2 Å². The molecule has 3 nitrogen and oxygen atoms in total. The highest BCUT2D eigenvalue weighted by Crippen LogP contribution is 2.21. The average Bonchev–Trinajstić information content (AvgIpc) is 2.13. The van der Waals surface area contributed by atoms with Crippen molar-refractivity contribution in [2.45, 2.75) is 13.1 Å². The number of hydrogen-bond donors (Lipinski definition) is 2. The number of carboxylic acid groups (broad SMARTS) is 1. The van der Waals surface area contributed by atoms with Crippen LogP contribution in [0.3, 0.4) is 0 Å². The molecule has 0 radical (unpaired) electrons. The number of hydrogen-bond acceptors (Lipinski definition) is 2. The molecule has 0 unspecified atom stereocenters. The summed E-state index contributed by atoms with van der Waals surface area (Å²) in [4.78, 5) is 10.7. The predicted octanol–water partition coefficient (Wildman–Crippen LogP) is 2.67. The SMILES string of the molecule is Cc1ccc(C(=O)O)c(NCC(F)(F)F)c1. The molecule has 16 heavy (non-hydrogen) atoms. The zero-order valence-electron chi connectivity index (χ0n) is 8.43. The maximum absolute atomic E-state index is 12.0. The summed E-state index contributed by atoms with van der Waals surface area (Å²) < 4.78 is 35.9. The fourth-order valence-electron chi connectivity index (χ4n) is 1.19. The number of aryl methyl sites for hydroxylation is 1. The first-order valence-corrected chi connectivity index (χ1v) is 4.44. The summed E-state index contributed by atoms with van der Waals surface area (Å²) >= 11 is 0. The molecular formula is C10H10F3NO2. The predicted molar refractivity (Wildman–Crippen MR) is 52.7 cm³/mol. The third-order valence-electron chi connectivity index (χ3n) is 1.88. The number of halogens is 3. The normalized spacial score (nSPS) is 11.2. The molecule has 0 fully saturated rings. The molecule has 1 aromatic carbocycles. The third kappa shape index (κ3) is 3.45. The lowest BCUT2D eigenvalue weighted by Gasteiger charge is -2.12. The van der Waals surface area contributed by atoms with Gasteiger partial charge in [-0.15, -0.1) is 0 Å². The topological polar surface area (TPSA) is 49.3 Å². The second-order valence-electron chi connectivity index (χ2n) is 3.32. The summed E-state index contributed by atoms with van der Waals surface area (Å²) in [7, 11) is 0. The summed E-state index contributed by atoms with van der Waals surface area (Å²) in [5, 5.41) is 10.8. The van der Waals surface area contributed by atoms with Gasteiger partial charge in [-0.3, -0.25) is 0 Å². The van der Waals surface area contributed by atoms with Crippen LogP contribution >= 0.6 is 0 Å². The maximum atomic E-state index is 12.0. The van der Waals surface area contributed by atoms with E-state index in [1.54, 1.807) is 6.92 Å². The first-order valence-electron chi connectivity index (χ1n) is 4.44. The van der Waals surface area contributed by atoms with Gasteiger partial charge in [0.1, 0.15) is 6.54 Å². The van der Waals surface area contributed by atoms with Gasteiger partial charge in [0.15, 0.2) is 0 Å². The van der Waals surface area contributed by atoms with Crippen LogP contribution < -0.4 is 5.32 Å². The van der Waals surface area contributed by atoms with E-state index in [2.05, 4.69) is 5.32 Å². The number of alkyl halides is 3. The minimum Gasteiger partial charge on any atom is -0.478 e. The van der Waals surface area contributed by atoms with Crippen LogP contribution in [0.5, 0.6) is 0 Å². The van der Waals surface area contributed by atoms with Gasteiger partial charge < -0.3 is 10.4 Å². The molecule has 0 atom stereocenters. The summed E-state index contributed by atoms with van der Waals surface area (Å²) in [6.07, 6.45) is -4.38. The molecule has 0 aliphatic heterocycles. The highest BCUT2D eigenvalue weighted by molar-refractivity contribution is 5.94. The van der Waals surface area contributed by atoms with Gasteiger partial charge in [-0.1, -0.05) is 6.07 Å². The molecule has 0 saturated heterocycles. The molecule has 0 bridgehead atoms. The highest BCUT2D eigenvalue weighted by atomic mass is 19.4. The lowest BCUT2D eigenvalue weighted by atomic mass is 10.1. The van der Waals surface area contributed by atoms with Crippen molar-refractivity contribution < 1.29 is 23.1 Å². The molecule has 0 aliphatic rings. The Bertz CT molecular complexity index is 402. The summed E-state index contributed by atoms with van der Waals surface area (Å²) in [6, 6.07) is 4.17. The zero-order valence-corrected chi connectivity index (χ0v) is 8.43. The van der Waals surface area contributed by atoms with E-state index in [9.17, 15) is 18.0 Å². The molecule has 0 aromatic heterocycles. The Morgan fingerprint density at radius 3 is 2.56 bits per heavy atom. The highest BCUT2D eigenvalue weighted by Gasteiger charge is 2.27. The van der Waals surface area contributed by atoms with Crippen LogP contribution in [-0.4, -0.2) is 23.8 Å². The number of carbonyl (C=O) groups is 1. The second-order valence-corrected chi connectivity index (χ2v) is 3.32. The third-order valence-corrected chi connectivity index (χ3v) is 1.88. The summed E-state index contributed by atoms with van der Waals surface area (Å²) in [5.41, 5.74) is 0.495. The molecule has 6 heteroatoms. The van der Waals surface area contributed by atoms with E-state index >= 15 is 0 Å². The Morgan fingerprint density at radius 1 is 1.44 bits per heavy atom. The Morgan fingerprint density at radius 2 is 2.06 bits per heavy atom. The molecule has 2 N–H and O–H groups in total. The van der Waals surface area contributed by atoms with Gasteiger partial charge in [0.25, 0.3) is 0 Å². The molecule has 0 saturated carbocycles. The van der Waals surface area contributed by atoms with E-state index in [4.69, 9.17) is 5.11 Å². The maximum Gasteiger partial charge on any atom is 0.405 e. The van der Waals surface area contributed by atoms with Crippen molar-refractivity contribution in [3.8, 4) is 0 Å². The number of aromatic carboxylic acids is 1. The van der Waals surface area contributed by atoms with Crippen LogP contribution in [0.2, 0.25) is 0 Å². The number of rotatable bonds is 3. The Balaban J connectivity index is 2.93. The van der Waals surface area contributed by atoms with Crippen molar-refractivity contribution in [1.82, 2.24) is 0 Å². The number of nitrogens with one attached hydrogen (secondary N) is 1. The minimum absolute atomic E-state index is 0.0233. The lowest BCUT2D eigenvalue weighted by Crippen LogP contribution is -2.22. The summed E-state index contributed by atoms with van der Waals surface area (Å²) in [5.74, 6) is -1.26. The van der Waals surface area contributed by atoms with Gasteiger partial charge >= 0.3 is 12.1 Å². The van der Waals surface area contributed by atoms with Crippen LogP contribution in [0.25, 0.3) is 0 Å². The fourth-order valence-corrected chi connectivity index (χ4v) is 1.19. The molecule has 0 spiro atoms. The van der Waals surface area contributed by atoms with E-state index in [0.29, 0.717) is 5.56 Å². The van der Waals surface area contributed by atoms with Crippen LogP contribution in [-0.2, 0) is 0 Å². The second kappa shape index (κ2) is 4.42. The van der Waals surface area contributed by atoms with Crippen LogP contribution in [0.4, 0.5) is 18.9 Å². The van der Waals surface area contributed by atoms with Crippen molar-refractivity contribution in [2.75, 3.05) is 11.9 Å². The Hall–Kier alpha value is -1.72. The van der Waals surface area contributed by atoms with Crippen molar-refractivity contribution in [3.05, 3.63) is 29.3 Å². The Kier molecular flexibility index (Phi) is 3.41. The van der Waals surface area contributed by atoms with Crippen molar-refractivity contribution in [3.63, 3.8) is 0 Å². The first-order chi connectivity index (χ1) is 7.29. The van der Waals surface area contributed by atoms with Crippen LogP contribution in [0.15, 0.2) is 18.2 Å².